The predicted octanol–water partition coefficient (Wildman–Crippen LogP) is 2.54. The van der Waals surface area contributed by atoms with Crippen LogP contribution in [0.3, 0.4) is 0 Å². The lowest BCUT2D eigenvalue weighted by Crippen LogP contribution is -2.42. The molecule has 1 unspecified atom stereocenters. The molecule has 3 N–H and O–H groups in total. The first-order valence-corrected chi connectivity index (χ1v) is 9.11. The highest BCUT2D eigenvalue weighted by atomic mass is 127. The van der Waals surface area contributed by atoms with Crippen molar-refractivity contribution in [1.82, 2.24) is 25.7 Å². The Morgan fingerprint density at radius 3 is 2.78 bits per heavy atom. The maximum absolute atomic E-state index is 5.41. The molecule has 2 heterocycles. The molecule has 0 bridgehead atoms. The molecule has 1 aliphatic heterocycles. The Morgan fingerprint density at radius 2 is 2.11 bits per heavy atom. The number of nitrogens with zero attached hydrogens (tertiary/aromatic N) is 3. The first-order valence-electron chi connectivity index (χ1n) is 9.11. The van der Waals surface area contributed by atoms with Crippen molar-refractivity contribution in [3.63, 3.8) is 0 Å². The van der Waals surface area contributed by atoms with Crippen LogP contribution < -0.4 is 15.4 Å². The van der Waals surface area contributed by atoms with Gasteiger partial charge in [-0.25, -0.2) is 0 Å². The number of H-pyrrole nitrogens is 1. The number of nitrogens with one attached hydrogen (secondary N) is 3. The van der Waals surface area contributed by atoms with Crippen LogP contribution >= 0.6 is 24.0 Å². The monoisotopic (exact) mass is 484 g/mol. The fourth-order valence-electron chi connectivity index (χ4n) is 3.34. The number of hydrogen-bond donors (Lipinski definition) is 3. The van der Waals surface area contributed by atoms with Crippen LogP contribution in [0.25, 0.3) is 0 Å². The second-order valence-corrected chi connectivity index (χ2v) is 6.42. The molecule has 2 aromatic rings. The van der Waals surface area contributed by atoms with Crippen LogP contribution in [0.15, 0.2) is 41.5 Å². The topological polar surface area (TPSA) is 77.6 Å². The van der Waals surface area contributed by atoms with Crippen LogP contribution in [0, 0.1) is 0 Å². The highest BCUT2D eigenvalue weighted by Crippen LogP contribution is 2.27. The van der Waals surface area contributed by atoms with E-state index in [2.05, 4.69) is 48.9 Å². The maximum atomic E-state index is 5.41. The van der Waals surface area contributed by atoms with Crippen molar-refractivity contribution in [1.29, 1.82) is 0 Å². The summed E-state index contributed by atoms with van der Waals surface area (Å²) in [6.45, 7) is 3.70. The number of hydrogen-bond acceptors (Lipinski definition) is 4. The van der Waals surface area contributed by atoms with Crippen LogP contribution in [0.1, 0.15) is 30.1 Å². The van der Waals surface area contributed by atoms with Crippen LogP contribution in [0.4, 0.5) is 0 Å². The summed E-state index contributed by atoms with van der Waals surface area (Å²) in [4.78, 5) is 6.86. The van der Waals surface area contributed by atoms with Gasteiger partial charge < -0.3 is 15.4 Å². The van der Waals surface area contributed by atoms with Crippen molar-refractivity contribution in [2.45, 2.75) is 25.4 Å². The van der Waals surface area contributed by atoms with E-state index in [1.165, 1.54) is 18.4 Å². The van der Waals surface area contributed by atoms with E-state index in [-0.39, 0.29) is 24.0 Å². The smallest absolute Gasteiger partial charge is 0.191 e. The van der Waals surface area contributed by atoms with Crippen LogP contribution in [-0.4, -0.2) is 54.8 Å². The molecule has 0 aliphatic carbocycles. The molecule has 0 amide bonds. The first kappa shape index (κ1) is 21.5. The number of ether oxygens (including phenoxy) is 1. The first-order chi connectivity index (χ1) is 12.8. The van der Waals surface area contributed by atoms with E-state index in [4.69, 9.17) is 4.74 Å². The van der Waals surface area contributed by atoms with Crippen molar-refractivity contribution < 1.29 is 4.74 Å². The number of aromatic amines is 1. The molecule has 1 aromatic heterocycles. The second kappa shape index (κ2) is 11.1. The third-order valence-corrected chi connectivity index (χ3v) is 4.75. The van der Waals surface area contributed by atoms with Crippen molar-refractivity contribution in [3.8, 4) is 5.75 Å². The van der Waals surface area contributed by atoms with Crippen molar-refractivity contribution in [2.75, 3.05) is 33.8 Å². The van der Waals surface area contributed by atoms with Gasteiger partial charge in [0.15, 0.2) is 5.96 Å². The Kier molecular flexibility index (Phi) is 8.86. The Morgan fingerprint density at radius 1 is 1.30 bits per heavy atom. The zero-order valence-corrected chi connectivity index (χ0v) is 18.3. The van der Waals surface area contributed by atoms with Gasteiger partial charge in [0.25, 0.3) is 0 Å². The lowest BCUT2D eigenvalue weighted by Gasteiger charge is -2.29. The fraction of sp³-hybridized carbons (Fsp3) is 0.474. The summed E-state index contributed by atoms with van der Waals surface area (Å²) in [5, 5.41) is 13.7. The molecule has 1 atom stereocenters. The molecule has 3 rings (SSSR count). The number of aliphatic imine (C=N–C) groups is 1. The van der Waals surface area contributed by atoms with E-state index in [1.54, 1.807) is 20.4 Å². The Balaban J connectivity index is 0.00000261. The van der Waals surface area contributed by atoms with Gasteiger partial charge in [-0.05, 0) is 49.7 Å². The standard InChI is InChI=1S/C19H28N6O.HI/c1-20-19(21-13-16-8-9-23-24-16)22-14-18(25-10-3-4-11-25)15-6-5-7-17(12-15)26-2;/h5-9,12,18H,3-4,10-11,13-14H2,1-2H3,(H,23,24)(H2,20,21,22);1H. The van der Waals surface area contributed by atoms with Gasteiger partial charge in [-0.3, -0.25) is 15.0 Å². The quantitative estimate of drug-likeness (QED) is 0.320. The number of benzene rings is 1. The minimum absolute atomic E-state index is 0. The molecule has 8 heteroatoms. The molecule has 148 valence electrons. The van der Waals surface area contributed by atoms with Gasteiger partial charge in [0, 0.05) is 19.8 Å². The molecular formula is C19H29IN6O. The van der Waals surface area contributed by atoms with Crippen molar-refractivity contribution in [3.05, 3.63) is 47.8 Å². The van der Waals surface area contributed by atoms with Gasteiger partial charge in [0.05, 0.1) is 25.4 Å². The summed E-state index contributed by atoms with van der Waals surface area (Å²) >= 11 is 0. The Hall–Kier alpha value is -1.81. The normalized spacial score (nSPS) is 15.9. The zero-order chi connectivity index (χ0) is 18.2. The minimum atomic E-state index is 0. The fourth-order valence-corrected chi connectivity index (χ4v) is 3.34. The predicted molar refractivity (Wildman–Crippen MR) is 119 cm³/mol. The van der Waals surface area contributed by atoms with Gasteiger partial charge in [-0.15, -0.1) is 24.0 Å². The average Bonchev–Trinajstić information content (AvgIpc) is 3.38. The number of methoxy groups -OCH3 is 1. The van der Waals surface area contributed by atoms with Gasteiger partial charge in [-0.1, -0.05) is 12.1 Å². The van der Waals surface area contributed by atoms with E-state index in [0.717, 1.165) is 37.0 Å². The summed E-state index contributed by atoms with van der Waals surface area (Å²) in [5.41, 5.74) is 2.29. The molecular weight excluding hydrogens is 455 g/mol. The summed E-state index contributed by atoms with van der Waals surface area (Å²) in [7, 11) is 3.50. The van der Waals surface area contributed by atoms with Crippen molar-refractivity contribution >= 4 is 29.9 Å². The highest BCUT2D eigenvalue weighted by Gasteiger charge is 2.24. The average molecular weight is 484 g/mol. The van der Waals surface area contributed by atoms with E-state index in [0.29, 0.717) is 12.6 Å². The summed E-state index contributed by atoms with van der Waals surface area (Å²) < 4.78 is 5.41. The zero-order valence-electron chi connectivity index (χ0n) is 15.9. The second-order valence-electron chi connectivity index (χ2n) is 6.42. The van der Waals surface area contributed by atoms with Gasteiger partial charge in [0.2, 0.25) is 0 Å². The molecule has 0 radical (unpaired) electrons. The summed E-state index contributed by atoms with van der Waals surface area (Å²) in [5.74, 6) is 1.68. The molecule has 0 spiro atoms. The van der Waals surface area contributed by atoms with E-state index >= 15 is 0 Å². The van der Waals surface area contributed by atoms with Gasteiger partial charge >= 0.3 is 0 Å². The molecule has 1 aliphatic rings. The third kappa shape index (κ3) is 6.10. The Bertz CT molecular complexity index is 700. The summed E-state index contributed by atoms with van der Waals surface area (Å²) in [6, 6.07) is 10.6. The number of likely N-dealkylation sites (tertiary alicyclic amines) is 1. The SMILES string of the molecule is CN=C(NCc1ccn[nH]1)NCC(c1cccc(OC)c1)N1CCCC1.I. The molecule has 1 saturated heterocycles. The van der Waals surface area contributed by atoms with Crippen molar-refractivity contribution in [2.24, 2.45) is 4.99 Å². The third-order valence-electron chi connectivity index (χ3n) is 4.75. The Labute approximate surface area is 178 Å². The number of aromatic nitrogens is 2. The molecule has 0 saturated carbocycles. The van der Waals surface area contributed by atoms with Gasteiger partial charge in [0.1, 0.15) is 5.75 Å². The molecule has 7 nitrogen and oxygen atoms in total. The van der Waals surface area contributed by atoms with Gasteiger partial charge in [-0.2, -0.15) is 5.10 Å². The molecule has 1 aromatic carbocycles. The van der Waals surface area contributed by atoms with Crippen LogP contribution in [-0.2, 0) is 6.54 Å². The molecule has 27 heavy (non-hydrogen) atoms. The molecule has 1 fully saturated rings. The lowest BCUT2D eigenvalue weighted by molar-refractivity contribution is 0.245. The largest absolute Gasteiger partial charge is 0.497 e. The highest BCUT2D eigenvalue weighted by molar-refractivity contribution is 14.0. The van der Waals surface area contributed by atoms with E-state index in [9.17, 15) is 0 Å². The number of halogens is 1. The maximum Gasteiger partial charge on any atom is 0.191 e. The number of guanidine groups is 1. The minimum Gasteiger partial charge on any atom is -0.497 e. The van der Waals surface area contributed by atoms with E-state index < -0.39 is 0 Å². The van der Waals surface area contributed by atoms with Crippen LogP contribution in [0.5, 0.6) is 5.75 Å². The van der Waals surface area contributed by atoms with E-state index in [1.807, 2.05) is 12.1 Å². The number of rotatable bonds is 7. The van der Waals surface area contributed by atoms with Crippen LogP contribution in [0.2, 0.25) is 0 Å². The summed E-state index contributed by atoms with van der Waals surface area (Å²) in [6.07, 6.45) is 4.26. The lowest BCUT2D eigenvalue weighted by atomic mass is 10.1.